The zero-order chi connectivity index (χ0) is 12.5. The van der Waals surface area contributed by atoms with E-state index in [-0.39, 0.29) is 12.3 Å². The Hall–Kier alpha value is -1.88. The molecule has 94 valence electrons. The summed E-state index contributed by atoms with van der Waals surface area (Å²) in [6.45, 7) is 0.231. The van der Waals surface area contributed by atoms with E-state index in [1.165, 1.54) is 24.0 Å². The van der Waals surface area contributed by atoms with Crippen molar-refractivity contribution in [2.45, 2.75) is 32.2 Å². The van der Waals surface area contributed by atoms with E-state index in [0.717, 1.165) is 12.8 Å². The van der Waals surface area contributed by atoms with Crippen LogP contribution in [0.5, 0.6) is 5.75 Å². The number of rotatable bonds is 2. The number of nitrogens with two attached hydrogens (primary N) is 1. The van der Waals surface area contributed by atoms with Crippen LogP contribution in [0.25, 0.3) is 11.5 Å². The molecular formula is C13H15N3O2. The zero-order valence-corrected chi connectivity index (χ0v) is 10.0. The van der Waals surface area contributed by atoms with Crippen molar-refractivity contribution in [1.82, 2.24) is 10.1 Å². The van der Waals surface area contributed by atoms with Gasteiger partial charge in [0, 0.05) is 0 Å². The normalized spacial score (nSPS) is 14.5. The van der Waals surface area contributed by atoms with Gasteiger partial charge in [0.1, 0.15) is 5.75 Å². The average molecular weight is 245 g/mol. The third kappa shape index (κ3) is 1.86. The second-order valence-electron chi connectivity index (χ2n) is 4.57. The maximum atomic E-state index is 10.0. The van der Waals surface area contributed by atoms with Gasteiger partial charge in [-0.15, -0.1) is 0 Å². The minimum atomic E-state index is 0.197. The van der Waals surface area contributed by atoms with E-state index in [4.69, 9.17) is 10.3 Å². The summed E-state index contributed by atoms with van der Waals surface area (Å²) in [7, 11) is 0. The number of aromatic nitrogens is 2. The van der Waals surface area contributed by atoms with Crippen LogP contribution in [0.4, 0.5) is 0 Å². The number of phenolic OH excluding ortho intramolecular Hbond substituents is 1. The van der Waals surface area contributed by atoms with Crippen LogP contribution >= 0.6 is 0 Å². The van der Waals surface area contributed by atoms with Gasteiger partial charge in [-0.25, -0.2) is 0 Å². The van der Waals surface area contributed by atoms with Crippen LogP contribution in [-0.2, 0) is 19.4 Å². The Labute approximate surface area is 105 Å². The number of aryl methyl sites for hydroxylation is 2. The summed E-state index contributed by atoms with van der Waals surface area (Å²) in [6, 6.07) is 3.77. The molecule has 0 saturated heterocycles. The van der Waals surface area contributed by atoms with Crippen molar-refractivity contribution in [3.63, 3.8) is 0 Å². The number of nitrogens with zero attached hydrogens (tertiary/aromatic N) is 2. The fourth-order valence-corrected chi connectivity index (χ4v) is 2.39. The molecule has 1 heterocycles. The van der Waals surface area contributed by atoms with Crippen molar-refractivity contribution < 1.29 is 9.63 Å². The Balaban J connectivity index is 2.06. The van der Waals surface area contributed by atoms with Gasteiger partial charge in [0.25, 0.3) is 5.89 Å². The summed E-state index contributed by atoms with van der Waals surface area (Å²) in [6.07, 6.45) is 4.44. The number of fused-ring (bicyclic) bond motifs is 1. The van der Waals surface area contributed by atoms with E-state index in [0.29, 0.717) is 17.3 Å². The number of benzene rings is 1. The Morgan fingerprint density at radius 1 is 1.22 bits per heavy atom. The van der Waals surface area contributed by atoms with Gasteiger partial charge in [-0.3, -0.25) is 0 Å². The highest BCUT2D eigenvalue weighted by Gasteiger charge is 2.17. The molecule has 2 aromatic rings. The topological polar surface area (TPSA) is 85.2 Å². The van der Waals surface area contributed by atoms with Crippen LogP contribution in [0, 0.1) is 0 Å². The summed E-state index contributed by atoms with van der Waals surface area (Å²) in [4.78, 5) is 4.15. The van der Waals surface area contributed by atoms with Crippen molar-refractivity contribution in [2.75, 3.05) is 0 Å². The number of hydrogen-bond acceptors (Lipinski definition) is 5. The standard InChI is InChI=1S/C13H15N3O2/c14-7-12-15-13(18-16-12)10-5-8-3-1-2-4-9(8)6-11(10)17/h5-6,17H,1-4,7,14H2. The van der Waals surface area contributed by atoms with Crippen LogP contribution in [0.2, 0.25) is 0 Å². The monoisotopic (exact) mass is 245 g/mol. The molecule has 0 aliphatic heterocycles. The number of hydrogen-bond donors (Lipinski definition) is 2. The molecule has 5 nitrogen and oxygen atoms in total. The SMILES string of the molecule is NCc1noc(-c2cc3c(cc2O)CCCC3)n1. The molecule has 1 aromatic heterocycles. The molecule has 0 spiro atoms. The molecule has 0 atom stereocenters. The molecule has 3 rings (SSSR count). The fraction of sp³-hybridized carbons (Fsp3) is 0.385. The smallest absolute Gasteiger partial charge is 0.261 e. The first-order chi connectivity index (χ1) is 8.78. The van der Waals surface area contributed by atoms with E-state index in [2.05, 4.69) is 10.1 Å². The fourth-order valence-electron chi connectivity index (χ4n) is 2.39. The molecule has 1 aromatic carbocycles. The lowest BCUT2D eigenvalue weighted by Crippen LogP contribution is -2.02. The third-order valence-electron chi connectivity index (χ3n) is 3.34. The Kier molecular flexibility index (Phi) is 2.76. The largest absolute Gasteiger partial charge is 0.507 e. The van der Waals surface area contributed by atoms with Gasteiger partial charge in [-0.2, -0.15) is 4.98 Å². The van der Waals surface area contributed by atoms with Crippen LogP contribution in [0.3, 0.4) is 0 Å². The number of phenols is 1. The van der Waals surface area contributed by atoms with Crippen LogP contribution < -0.4 is 5.73 Å². The third-order valence-corrected chi connectivity index (χ3v) is 3.34. The van der Waals surface area contributed by atoms with E-state index >= 15 is 0 Å². The first-order valence-electron chi connectivity index (χ1n) is 6.15. The summed E-state index contributed by atoms with van der Waals surface area (Å²) in [5.41, 5.74) is 8.53. The molecule has 1 aliphatic carbocycles. The molecule has 1 aliphatic rings. The summed E-state index contributed by atoms with van der Waals surface area (Å²) >= 11 is 0. The van der Waals surface area contributed by atoms with E-state index in [1.54, 1.807) is 0 Å². The van der Waals surface area contributed by atoms with Gasteiger partial charge in [0.15, 0.2) is 5.82 Å². The highest BCUT2D eigenvalue weighted by molar-refractivity contribution is 5.65. The van der Waals surface area contributed by atoms with Crippen molar-refractivity contribution in [2.24, 2.45) is 5.73 Å². The lowest BCUT2D eigenvalue weighted by molar-refractivity contribution is 0.417. The molecule has 0 saturated carbocycles. The van der Waals surface area contributed by atoms with Crippen molar-refractivity contribution in [1.29, 1.82) is 0 Å². The Bertz CT molecular complexity index is 578. The van der Waals surface area contributed by atoms with Gasteiger partial charge >= 0.3 is 0 Å². The van der Waals surface area contributed by atoms with Gasteiger partial charge < -0.3 is 15.4 Å². The maximum absolute atomic E-state index is 10.0. The van der Waals surface area contributed by atoms with Crippen molar-refractivity contribution >= 4 is 0 Å². The molecule has 3 N–H and O–H groups in total. The second kappa shape index (κ2) is 4.42. The predicted octanol–water partition coefficient (Wildman–Crippen LogP) is 1.78. The molecule has 18 heavy (non-hydrogen) atoms. The van der Waals surface area contributed by atoms with Crippen LogP contribution in [0.15, 0.2) is 16.7 Å². The highest BCUT2D eigenvalue weighted by atomic mass is 16.5. The van der Waals surface area contributed by atoms with E-state index in [1.807, 2.05) is 12.1 Å². The molecule has 0 fully saturated rings. The lowest BCUT2D eigenvalue weighted by atomic mass is 9.90. The van der Waals surface area contributed by atoms with Gasteiger partial charge in [0.05, 0.1) is 12.1 Å². The maximum Gasteiger partial charge on any atom is 0.261 e. The molecule has 0 radical (unpaired) electrons. The summed E-state index contributed by atoms with van der Waals surface area (Å²) in [5.74, 6) is 0.978. The molecule has 0 unspecified atom stereocenters. The zero-order valence-electron chi connectivity index (χ0n) is 10.0. The van der Waals surface area contributed by atoms with Gasteiger partial charge in [0.2, 0.25) is 0 Å². The van der Waals surface area contributed by atoms with Gasteiger partial charge in [-0.05, 0) is 48.9 Å². The molecule has 0 amide bonds. The Morgan fingerprint density at radius 3 is 2.61 bits per heavy atom. The summed E-state index contributed by atoms with van der Waals surface area (Å²) in [5, 5.41) is 13.8. The lowest BCUT2D eigenvalue weighted by Gasteiger charge is -2.16. The minimum absolute atomic E-state index is 0.197. The molecule has 5 heteroatoms. The summed E-state index contributed by atoms with van der Waals surface area (Å²) < 4.78 is 5.11. The van der Waals surface area contributed by atoms with Crippen LogP contribution in [-0.4, -0.2) is 15.2 Å². The van der Waals surface area contributed by atoms with Crippen molar-refractivity contribution in [3.8, 4) is 17.2 Å². The minimum Gasteiger partial charge on any atom is -0.507 e. The Morgan fingerprint density at radius 2 is 1.94 bits per heavy atom. The number of aromatic hydroxyl groups is 1. The van der Waals surface area contributed by atoms with E-state index in [9.17, 15) is 5.11 Å². The van der Waals surface area contributed by atoms with Crippen molar-refractivity contribution in [3.05, 3.63) is 29.1 Å². The van der Waals surface area contributed by atoms with E-state index < -0.39 is 0 Å². The first-order valence-corrected chi connectivity index (χ1v) is 6.15. The molecular weight excluding hydrogens is 230 g/mol. The first kappa shape index (κ1) is 11.2. The quantitative estimate of drug-likeness (QED) is 0.842. The highest BCUT2D eigenvalue weighted by Crippen LogP contribution is 2.34. The second-order valence-corrected chi connectivity index (χ2v) is 4.57. The van der Waals surface area contributed by atoms with Gasteiger partial charge in [-0.1, -0.05) is 5.16 Å². The van der Waals surface area contributed by atoms with Crippen LogP contribution in [0.1, 0.15) is 29.8 Å². The predicted molar refractivity (Wildman–Crippen MR) is 65.9 cm³/mol. The molecule has 0 bridgehead atoms. The average Bonchev–Trinajstić information content (AvgIpc) is 2.86.